The van der Waals surface area contributed by atoms with Crippen molar-refractivity contribution in [1.82, 2.24) is 20.1 Å². The van der Waals surface area contributed by atoms with Crippen LogP contribution in [0.4, 0.5) is 17.3 Å². The van der Waals surface area contributed by atoms with Gasteiger partial charge in [-0.3, -0.25) is 10.2 Å². The summed E-state index contributed by atoms with van der Waals surface area (Å²) in [7, 11) is 2.14. The van der Waals surface area contributed by atoms with Crippen LogP contribution in [-0.2, 0) is 6.54 Å². The van der Waals surface area contributed by atoms with Gasteiger partial charge in [-0.1, -0.05) is 24.3 Å². The van der Waals surface area contributed by atoms with Gasteiger partial charge in [-0.25, -0.2) is 9.98 Å². The maximum atomic E-state index is 9.47. The molecule has 10 nitrogen and oxygen atoms in total. The Hall–Kier alpha value is -3.86. The molecule has 158 valence electrons. The fourth-order valence-electron chi connectivity index (χ4n) is 3.95. The predicted molar refractivity (Wildman–Crippen MR) is 119 cm³/mol. The molecule has 1 saturated heterocycles. The maximum absolute atomic E-state index is 9.47. The molecule has 4 rings (SSSR count). The van der Waals surface area contributed by atoms with Crippen LogP contribution in [0.2, 0.25) is 0 Å². The number of hydrogen-bond donors (Lipinski definition) is 4. The fourth-order valence-corrected chi connectivity index (χ4v) is 3.95. The summed E-state index contributed by atoms with van der Waals surface area (Å²) >= 11 is 0. The summed E-state index contributed by atoms with van der Waals surface area (Å²) in [6.07, 6.45) is 1.86. The molecule has 0 amide bonds. The molecule has 1 unspecified atom stereocenters. The van der Waals surface area contributed by atoms with Crippen molar-refractivity contribution >= 4 is 23.3 Å². The van der Waals surface area contributed by atoms with Gasteiger partial charge in [0.1, 0.15) is 29.3 Å². The molecule has 1 fully saturated rings. The summed E-state index contributed by atoms with van der Waals surface area (Å²) in [5.41, 5.74) is 15.2. The molecule has 0 saturated carbocycles. The minimum absolute atomic E-state index is 0.0343. The Morgan fingerprint density at radius 2 is 2.00 bits per heavy atom. The molecule has 2 aliphatic heterocycles. The number of benzene rings is 1. The summed E-state index contributed by atoms with van der Waals surface area (Å²) in [4.78, 5) is 13.7. The minimum Gasteiger partial charge on any atom is -0.397 e. The molecule has 1 aromatic carbocycles. The Labute approximate surface area is 180 Å². The van der Waals surface area contributed by atoms with Gasteiger partial charge in [0.25, 0.3) is 0 Å². The van der Waals surface area contributed by atoms with E-state index in [-0.39, 0.29) is 23.0 Å². The van der Waals surface area contributed by atoms with Gasteiger partial charge < -0.3 is 21.7 Å². The van der Waals surface area contributed by atoms with Gasteiger partial charge >= 0.3 is 0 Å². The summed E-state index contributed by atoms with van der Waals surface area (Å²) in [5.74, 6) is 0.670. The molecule has 10 heteroatoms. The lowest BCUT2D eigenvalue weighted by atomic mass is 9.94. The molecule has 0 bridgehead atoms. The van der Waals surface area contributed by atoms with Crippen LogP contribution in [0.1, 0.15) is 28.3 Å². The van der Waals surface area contributed by atoms with Crippen molar-refractivity contribution in [1.29, 1.82) is 10.5 Å². The van der Waals surface area contributed by atoms with Gasteiger partial charge in [-0.15, -0.1) is 0 Å². The van der Waals surface area contributed by atoms with E-state index in [2.05, 4.69) is 49.6 Å². The highest BCUT2D eigenvalue weighted by atomic mass is 15.2. The Bertz CT molecular complexity index is 1100. The average Bonchev–Trinajstić information content (AvgIpc) is 2.75. The molecule has 0 aliphatic carbocycles. The zero-order chi connectivity index (χ0) is 22.0. The quantitative estimate of drug-likeness (QED) is 0.420. The second-order valence-electron chi connectivity index (χ2n) is 7.73. The Morgan fingerprint density at radius 1 is 1.23 bits per heavy atom. The Balaban J connectivity index is 1.72. The third kappa shape index (κ3) is 4.08. The number of rotatable bonds is 3. The lowest BCUT2D eigenvalue weighted by molar-refractivity contribution is 0.148. The first-order chi connectivity index (χ1) is 15.0. The monoisotopic (exact) mass is 416 g/mol. The van der Waals surface area contributed by atoms with E-state index >= 15 is 0 Å². The number of fused-ring (bicyclic) bond motifs is 1. The van der Waals surface area contributed by atoms with E-state index in [0.717, 1.165) is 43.9 Å². The largest absolute Gasteiger partial charge is 0.397 e. The van der Waals surface area contributed by atoms with Gasteiger partial charge in [-0.2, -0.15) is 10.5 Å². The van der Waals surface area contributed by atoms with Gasteiger partial charge in [0.05, 0.1) is 5.69 Å². The topological polar surface area (TPSA) is 155 Å². The van der Waals surface area contributed by atoms with Crippen LogP contribution in [0.5, 0.6) is 0 Å². The molecule has 1 aromatic heterocycles. The number of pyridine rings is 1. The molecule has 2 aromatic rings. The second-order valence-corrected chi connectivity index (χ2v) is 7.73. The van der Waals surface area contributed by atoms with Crippen LogP contribution >= 0.6 is 0 Å². The van der Waals surface area contributed by atoms with Gasteiger partial charge in [-0.05, 0) is 18.2 Å². The number of nitrogens with zero attached hydrogens (tertiary/aromatic N) is 6. The first-order valence-corrected chi connectivity index (χ1v) is 9.98. The standard InChI is InChI=1S/C21H24N10/c1-30-5-7-31(8-6-30)11-13-3-2-4-14(9-13)18-16-17(24)15(10-22)19(25)28-20(16)29-21(27-18)26-12-23/h2-4,9,18H,5-8,11H2,1H3,(H6,24,25,26,27,28,29). The molecule has 2 aliphatic rings. The van der Waals surface area contributed by atoms with E-state index in [1.807, 2.05) is 24.4 Å². The number of hydrogen-bond acceptors (Lipinski definition) is 10. The summed E-state index contributed by atoms with van der Waals surface area (Å²) in [6, 6.07) is 9.63. The van der Waals surface area contributed by atoms with Crippen molar-refractivity contribution < 1.29 is 0 Å². The van der Waals surface area contributed by atoms with Crippen molar-refractivity contribution in [2.75, 3.05) is 50.0 Å². The number of aliphatic imine (C=N–C) groups is 1. The third-order valence-electron chi connectivity index (χ3n) is 5.63. The minimum atomic E-state index is -0.528. The van der Waals surface area contributed by atoms with Crippen molar-refractivity contribution in [3.05, 3.63) is 46.5 Å². The van der Waals surface area contributed by atoms with E-state index in [0.29, 0.717) is 11.4 Å². The van der Waals surface area contributed by atoms with Gasteiger partial charge in [0.15, 0.2) is 6.19 Å². The SMILES string of the molecule is CN1CCN(Cc2cccc(C3N=C(NC#N)Nc4nc(N)c(C#N)c(N)c43)c2)CC1. The molecular formula is C21H24N10. The first kappa shape index (κ1) is 20.4. The average molecular weight is 416 g/mol. The molecule has 1 atom stereocenters. The molecule has 0 spiro atoms. The summed E-state index contributed by atoms with van der Waals surface area (Å²) < 4.78 is 0. The zero-order valence-electron chi connectivity index (χ0n) is 17.3. The normalized spacial score (nSPS) is 18.8. The summed E-state index contributed by atoms with van der Waals surface area (Å²) in [6.45, 7) is 4.98. The number of nitrogen functional groups attached to an aromatic ring is 2. The predicted octanol–water partition coefficient (Wildman–Crippen LogP) is 0.807. The number of nitrogens with one attached hydrogen (secondary N) is 2. The smallest absolute Gasteiger partial charge is 0.211 e. The number of nitrogens with two attached hydrogens (primary N) is 2. The first-order valence-electron chi connectivity index (χ1n) is 9.98. The lowest BCUT2D eigenvalue weighted by Gasteiger charge is -2.32. The highest BCUT2D eigenvalue weighted by molar-refractivity contribution is 5.98. The number of aromatic nitrogens is 1. The van der Waals surface area contributed by atoms with Crippen molar-refractivity contribution in [2.45, 2.75) is 12.6 Å². The third-order valence-corrected chi connectivity index (χ3v) is 5.63. The zero-order valence-corrected chi connectivity index (χ0v) is 17.3. The van der Waals surface area contributed by atoms with E-state index < -0.39 is 6.04 Å². The molecule has 6 N–H and O–H groups in total. The maximum Gasteiger partial charge on any atom is 0.211 e. The molecule has 31 heavy (non-hydrogen) atoms. The van der Waals surface area contributed by atoms with Crippen LogP contribution in [0.25, 0.3) is 0 Å². The van der Waals surface area contributed by atoms with Crippen LogP contribution in [-0.4, -0.2) is 54.0 Å². The Morgan fingerprint density at radius 3 is 2.71 bits per heavy atom. The lowest BCUT2D eigenvalue weighted by Crippen LogP contribution is -2.43. The highest BCUT2D eigenvalue weighted by Gasteiger charge is 2.29. The van der Waals surface area contributed by atoms with E-state index in [9.17, 15) is 5.26 Å². The number of likely N-dealkylation sites (N-methyl/N-ethyl adjacent to an activating group) is 1. The van der Waals surface area contributed by atoms with Crippen molar-refractivity contribution in [2.24, 2.45) is 4.99 Å². The van der Waals surface area contributed by atoms with Crippen LogP contribution in [0.3, 0.4) is 0 Å². The molecule has 0 radical (unpaired) electrons. The van der Waals surface area contributed by atoms with Crippen molar-refractivity contribution in [3.63, 3.8) is 0 Å². The Kier molecular flexibility index (Phi) is 5.58. The second kappa shape index (κ2) is 8.48. The number of nitriles is 2. The summed E-state index contributed by atoms with van der Waals surface area (Å²) in [5, 5.41) is 24.0. The van der Waals surface area contributed by atoms with Gasteiger partial charge in [0, 0.05) is 38.3 Å². The molecular weight excluding hydrogens is 392 g/mol. The van der Waals surface area contributed by atoms with Crippen molar-refractivity contribution in [3.8, 4) is 12.3 Å². The van der Waals surface area contributed by atoms with Crippen LogP contribution < -0.4 is 22.1 Å². The van der Waals surface area contributed by atoms with Crippen LogP contribution in [0.15, 0.2) is 29.3 Å². The number of anilines is 3. The highest BCUT2D eigenvalue weighted by Crippen LogP contribution is 2.40. The fraction of sp³-hybridized carbons (Fsp3) is 0.333. The molecule has 3 heterocycles. The van der Waals surface area contributed by atoms with E-state index in [1.54, 1.807) is 0 Å². The van der Waals surface area contributed by atoms with Gasteiger partial charge in [0.2, 0.25) is 5.96 Å². The van der Waals surface area contributed by atoms with Crippen LogP contribution in [0, 0.1) is 22.8 Å². The van der Waals surface area contributed by atoms with E-state index in [1.165, 1.54) is 0 Å². The van der Waals surface area contributed by atoms with E-state index in [4.69, 9.17) is 16.7 Å². The number of piperazine rings is 1. The number of guanidine groups is 1.